The van der Waals surface area contributed by atoms with Crippen molar-refractivity contribution in [2.24, 2.45) is 5.73 Å². The lowest BCUT2D eigenvalue weighted by molar-refractivity contribution is 0.685. The summed E-state index contributed by atoms with van der Waals surface area (Å²) in [7, 11) is 0. The first-order valence-electron chi connectivity index (χ1n) is 4.66. The van der Waals surface area contributed by atoms with Gasteiger partial charge in [-0.15, -0.1) is 11.3 Å². The first-order valence-corrected chi connectivity index (χ1v) is 5.54. The molecule has 0 bridgehead atoms. The lowest BCUT2D eigenvalue weighted by atomic mass is 10.3. The predicted octanol–water partition coefficient (Wildman–Crippen LogP) is 2.09. The summed E-state index contributed by atoms with van der Waals surface area (Å²) in [5.41, 5.74) is 6.96. The van der Waals surface area contributed by atoms with Crippen molar-refractivity contribution in [1.82, 2.24) is 9.97 Å². The first-order chi connectivity index (χ1) is 6.78. The largest absolute Gasteiger partial charge is 0.340 e. The SMILES string of the molecule is NC1(c2ncc(-c3cccs3)[nH]2)CC1. The Labute approximate surface area is 86.0 Å². The minimum atomic E-state index is -0.157. The van der Waals surface area contributed by atoms with Crippen molar-refractivity contribution >= 4 is 11.3 Å². The van der Waals surface area contributed by atoms with Crippen LogP contribution in [0.2, 0.25) is 0 Å². The van der Waals surface area contributed by atoms with Gasteiger partial charge in [-0.2, -0.15) is 0 Å². The number of hydrogen-bond donors (Lipinski definition) is 2. The van der Waals surface area contributed by atoms with Crippen LogP contribution in [0.25, 0.3) is 10.6 Å². The van der Waals surface area contributed by atoms with E-state index in [1.54, 1.807) is 11.3 Å². The van der Waals surface area contributed by atoms with Gasteiger partial charge in [-0.1, -0.05) is 6.07 Å². The van der Waals surface area contributed by atoms with Gasteiger partial charge in [0.1, 0.15) is 5.82 Å². The van der Waals surface area contributed by atoms with Gasteiger partial charge in [0.2, 0.25) is 0 Å². The zero-order valence-corrected chi connectivity index (χ0v) is 8.47. The molecule has 0 spiro atoms. The monoisotopic (exact) mass is 205 g/mol. The zero-order valence-electron chi connectivity index (χ0n) is 7.66. The number of nitrogens with two attached hydrogens (primary N) is 1. The van der Waals surface area contributed by atoms with Crippen molar-refractivity contribution in [3.63, 3.8) is 0 Å². The first kappa shape index (κ1) is 8.20. The lowest BCUT2D eigenvalue weighted by Gasteiger charge is -2.02. The van der Waals surface area contributed by atoms with E-state index in [4.69, 9.17) is 5.73 Å². The third kappa shape index (κ3) is 1.19. The van der Waals surface area contributed by atoms with E-state index in [0.717, 1.165) is 24.4 Å². The highest BCUT2D eigenvalue weighted by molar-refractivity contribution is 7.13. The lowest BCUT2D eigenvalue weighted by Crippen LogP contribution is -2.20. The van der Waals surface area contributed by atoms with E-state index in [9.17, 15) is 0 Å². The van der Waals surface area contributed by atoms with Gasteiger partial charge in [0.05, 0.1) is 22.3 Å². The molecule has 0 unspecified atom stereocenters. The Bertz CT molecular complexity index is 440. The summed E-state index contributed by atoms with van der Waals surface area (Å²) in [5.74, 6) is 0.931. The summed E-state index contributed by atoms with van der Waals surface area (Å²) in [5, 5.41) is 2.06. The maximum atomic E-state index is 6.04. The van der Waals surface area contributed by atoms with Crippen molar-refractivity contribution in [2.75, 3.05) is 0 Å². The second kappa shape index (κ2) is 2.68. The minimum Gasteiger partial charge on any atom is -0.340 e. The van der Waals surface area contributed by atoms with Crippen molar-refractivity contribution < 1.29 is 0 Å². The number of nitrogens with zero attached hydrogens (tertiary/aromatic N) is 1. The van der Waals surface area contributed by atoms with Crippen LogP contribution in [0, 0.1) is 0 Å². The average molecular weight is 205 g/mol. The number of hydrogen-bond acceptors (Lipinski definition) is 3. The van der Waals surface area contributed by atoms with E-state index in [2.05, 4.69) is 21.4 Å². The van der Waals surface area contributed by atoms with Gasteiger partial charge in [-0.25, -0.2) is 4.98 Å². The molecule has 2 aromatic rings. The molecule has 2 heterocycles. The molecule has 3 N–H and O–H groups in total. The Kier molecular flexibility index (Phi) is 1.57. The quantitative estimate of drug-likeness (QED) is 0.788. The van der Waals surface area contributed by atoms with Crippen LogP contribution in [-0.4, -0.2) is 9.97 Å². The maximum absolute atomic E-state index is 6.04. The molecule has 14 heavy (non-hydrogen) atoms. The van der Waals surface area contributed by atoms with Crippen LogP contribution in [0.15, 0.2) is 23.7 Å². The van der Waals surface area contributed by atoms with Crippen LogP contribution < -0.4 is 5.73 Å². The second-order valence-electron chi connectivity index (χ2n) is 3.78. The smallest absolute Gasteiger partial charge is 0.126 e. The summed E-state index contributed by atoms with van der Waals surface area (Å²) in [4.78, 5) is 8.84. The molecule has 0 radical (unpaired) electrons. The van der Waals surface area contributed by atoms with E-state index >= 15 is 0 Å². The fraction of sp³-hybridized carbons (Fsp3) is 0.300. The summed E-state index contributed by atoms with van der Waals surface area (Å²) in [6.45, 7) is 0. The van der Waals surface area contributed by atoms with Gasteiger partial charge >= 0.3 is 0 Å². The molecule has 1 fully saturated rings. The minimum absolute atomic E-state index is 0.157. The number of imidazole rings is 1. The van der Waals surface area contributed by atoms with Crippen LogP contribution in [0.4, 0.5) is 0 Å². The van der Waals surface area contributed by atoms with Crippen LogP contribution in [-0.2, 0) is 5.54 Å². The van der Waals surface area contributed by atoms with Crippen LogP contribution in [0.5, 0.6) is 0 Å². The van der Waals surface area contributed by atoms with E-state index in [1.165, 1.54) is 4.88 Å². The molecule has 0 aromatic carbocycles. The number of nitrogens with one attached hydrogen (secondary N) is 1. The third-order valence-corrected chi connectivity index (χ3v) is 3.53. The fourth-order valence-corrected chi connectivity index (χ4v) is 2.19. The highest BCUT2D eigenvalue weighted by Gasteiger charge is 2.42. The van der Waals surface area contributed by atoms with E-state index in [-0.39, 0.29) is 5.54 Å². The van der Waals surface area contributed by atoms with Crippen molar-refractivity contribution in [3.8, 4) is 10.6 Å². The van der Waals surface area contributed by atoms with Gasteiger partial charge in [0.25, 0.3) is 0 Å². The number of H-pyrrole nitrogens is 1. The molecule has 0 aliphatic heterocycles. The third-order valence-electron chi connectivity index (χ3n) is 2.62. The van der Waals surface area contributed by atoms with Crippen molar-refractivity contribution in [2.45, 2.75) is 18.4 Å². The van der Waals surface area contributed by atoms with Gasteiger partial charge < -0.3 is 10.7 Å². The number of rotatable bonds is 2. The molecule has 3 rings (SSSR count). The van der Waals surface area contributed by atoms with Crippen LogP contribution in [0.1, 0.15) is 18.7 Å². The zero-order chi connectivity index (χ0) is 9.60. The van der Waals surface area contributed by atoms with Crippen LogP contribution in [0.3, 0.4) is 0 Å². The molecule has 4 heteroatoms. The Morgan fingerprint density at radius 3 is 3.00 bits per heavy atom. The molecule has 2 aromatic heterocycles. The summed E-state index contributed by atoms with van der Waals surface area (Å²) >= 11 is 1.71. The Hall–Kier alpha value is -1.13. The molecule has 0 saturated heterocycles. The second-order valence-corrected chi connectivity index (χ2v) is 4.73. The molecule has 72 valence electrons. The standard InChI is InChI=1S/C10H11N3S/c11-10(3-4-10)9-12-6-7(13-9)8-2-1-5-14-8/h1-2,5-6H,3-4,11H2,(H,12,13). The van der Waals surface area contributed by atoms with Gasteiger partial charge in [-0.05, 0) is 24.3 Å². The molecule has 1 aliphatic carbocycles. The van der Waals surface area contributed by atoms with Crippen molar-refractivity contribution in [1.29, 1.82) is 0 Å². The van der Waals surface area contributed by atoms with E-state index in [0.29, 0.717) is 0 Å². The molecular formula is C10H11N3S. The Balaban J connectivity index is 1.98. The molecule has 0 amide bonds. The number of aromatic amines is 1. The molecule has 1 aliphatic rings. The molecular weight excluding hydrogens is 194 g/mol. The van der Waals surface area contributed by atoms with Crippen LogP contribution >= 0.6 is 11.3 Å². The highest BCUT2D eigenvalue weighted by Crippen LogP contribution is 2.41. The van der Waals surface area contributed by atoms with Gasteiger partial charge in [0, 0.05) is 0 Å². The maximum Gasteiger partial charge on any atom is 0.126 e. The normalized spacial score (nSPS) is 18.4. The van der Waals surface area contributed by atoms with E-state index < -0.39 is 0 Å². The fourth-order valence-electron chi connectivity index (χ4n) is 1.50. The summed E-state index contributed by atoms with van der Waals surface area (Å²) < 4.78 is 0. The average Bonchev–Trinajstić information content (AvgIpc) is 2.73. The summed E-state index contributed by atoms with van der Waals surface area (Å²) in [6, 6.07) is 4.12. The van der Waals surface area contributed by atoms with E-state index in [1.807, 2.05) is 12.3 Å². The highest BCUT2D eigenvalue weighted by atomic mass is 32.1. The molecule has 3 nitrogen and oxygen atoms in total. The van der Waals surface area contributed by atoms with Crippen molar-refractivity contribution in [3.05, 3.63) is 29.5 Å². The Morgan fingerprint density at radius 2 is 2.36 bits per heavy atom. The predicted molar refractivity (Wildman–Crippen MR) is 57.0 cm³/mol. The molecule has 1 saturated carbocycles. The molecule has 0 atom stereocenters. The topological polar surface area (TPSA) is 54.7 Å². The van der Waals surface area contributed by atoms with Gasteiger partial charge in [-0.3, -0.25) is 0 Å². The Morgan fingerprint density at radius 1 is 1.50 bits per heavy atom. The van der Waals surface area contributed by atoms with Gasteiger partial charge in [0.15, 0.2) is 0 Å². The number of thiophene rings is 1. The summed E-state index contributed by atoms with van der Waals surface area (Å²) in [6.07, 6.45) is 3.96. The number of aromatic nitrogens is 2.